The summed E-state index contributed by atoms with van der Waals surface area (Å²) in [4.78, 5) is 8.03. The molecule has 3 rings (SSSR count). The van der Waals surface area contributed by atoms with E-state index >= 15 is 0 Å². The van der Waals surface area contributed by atoms with Crippen LogP contribution in [-0.2, 0) is 0 Å². The first-order valence-electron chi connectivity index (χ1n) is 5.46. The number of aromatic nitrogens is 2. The number of nitrogens with zero attached hydrogens (tertiary/aromatic N) is 2. The van der Waals surface area contributed by atoms with Gasteiger partial charge in [0.05, 0.1) is 0 Å². The highest BCUT2D eigenvalue weighted by Crippen LogP contribution is 2.40. The summed E-state index contributed by atoms with van der Waals surface area (Å²) >= 11 is 0. The molecular weight excluding hydrogens is 228 g/mol. The van der Waals surface area contributed by atoms with Crippen molar-refractivity contribution in [2.75, 3.05) is 11.5 Å². The Labute approximate surface area is 104 Å². The predicted octanol–water partition coefficient (Wildman–Crippen LogP) is 1.10. The fraction of sp³-hybridized carbons (Fsp3) is 0.0769. The van der Waals surface area contributed by atoms with Crippen molar-refractivity contribution >= 4 is 17.2 Å². The molecule has 5 heteroatoms. The minimum atomic E-state index is -0.779. The number of pyridine rings is 2. The molecule has 0 radical (unpaired) electrons. The Morgan fingerprint density at radius 3 is 2.44 bits per heavy atom. The van der Waals surface area contributed by atoms with Gasteiger partial charge in [-0.15, -0.1) is 0 Å². The predicted molar refractivity (Wildman–Crippen MR) is 69.5 cm³/mol. The number of aliphatic hydroxyl groups excluding tert-OH is 1. The summed E-state index contributed by atoms with van der Waals surface area (Å²) in [5, 5.41) is 10.3. The topological polar surface area (TPSA) is 98.0 Å². The second kappa shape index (κ2) is 3.54. The highest BCUT2D eigenvalue weighted by molar-refractivity contribution is 5.85. The minimum Gasteiger partial charge on any atom is -0.384 e. The fourth-order valence-corrected chi connectivity index (χ4v) is 2.24. The number of nitrogen functional groups attached to an aromatic ring is 2. The second-order valence-electron chi connectivity index (χ2n) is 4.27. The van der Waals surface area contributed by atoms with Gasteiger partial charge in [0, 0.05) is 23.5 Å². The molecule has 5 N–H and O–H groups in total. The SMILES string of the molecule is C=C1c2cc(N)ncc2C(O)c2cc(N)ncc21. The van der Waals surface area contributed by atoms with E-state index in [1.165, 1.54) is 0 Å². The molecule has 0 aliphatic heterocycles. The van der Waals surface area contributed by atoms with Crippen LogP contribution in [0.2, 0.25) is 0 Å². The lowest BCUT2D eigenvalue weighted by Crippen LogP contribution is -2.14. The van der Waals surface area contributed by atoms with E-state index in [-0.39, 0.29) is 0 Å². The van der Waals surface area contributed by atoms with Crippen molar-refractivity contribution in [1.82, 2.24) is 9.97 Å². The van der Waals surface area contributed by atoms with E-state index in [9.17, 15) is 5.11 Å². The van der Waals surface area contributed by atoms with Crippen LogP contribution in [0.1, 0.15) is 28.4 Å². The third kappa shape index (κ3) is 1.38. The van der Waals surface area contributed by atoms with Crippen LogP contribution in [-0.4, -0.2) is 15.1 Å². The molecule has 5 nitrogen and oxygen atoms in total. The van der Waals surface area contributed by atoms with Crippen LogP contribution < -0.4 is 11.5 Å². The van der Waals surface area contributed by atoms with Crippen molar-refractivity contribution < 1.29 is 5.11 Å². The van der Waals surface area contributed by atoms with Gasteiger partial charge < -0.3 is 16.6 Å². The van der Waals surface area contributed by atoms with Crippen molar-refractivity contribution in [2.24, 2.45) is 0 Å². The number of rotatable bonds is 0. The van der Waals surface area contributed by atoms with Crippen LogP contribution in [0, 0.1) is 0 Å². The summed E-state index contributed by atoms with van der Waals surface area (Å²) in [5.74, 6) is 0.765. The van der Waals surface area contributed by atoms with E-state index in [2.05, 4.69) is 16.5 Å². The maximum Gasteiger partial charge on any atom is 0.123 e. The zero-order valence-electron chi connectivity index (χ0n) is 9.59. The molecule has 2 aromatic rings. The zero-order chi connectivity index (χ0) is 12.9. The number of anilines is 2. The third-order valence-electron chi connectivity index (χ3n) is 3.15. The smallest absolute Gasteiger partial charge is 0.123 e. The lowest BCUT2D eigenvalue weighted by Gasteiger charge is -2.26. The Bertz CT molecular complexity index is 666. The molecule has 0 spiro atoms. The number of hydrogen-bond acceptors (Lipinski definition) is 5. The first-order valence-corrected chi connectivity index (χ1v) is 5.46. The van der Waals surface area contributed by atoms with Crippen molar-refractivity contribution in [3.63, 3.8) is 0 Å². The van der Waals surface area contributed by atoms with Gasteiger partial charge in [-0.05, 0) is 28.8 Å². The highest BCUT2D eigenvalue weighted by atomic mass is 16.3. The number of nitrogens with two attached hydrogens (primary N) is 2. The Hall–Kier alpha value is -2.40. The molecule has 0 fully saturated rings. The van der Waals surface area contributed by atoms with E-state index in [4.69, 9.17) is 11.5 Å². The van der Waals surface area contributed by atoms with E-state index in [0.29, 0.717) is 22.8 Å². The van der Waals surface area contributed by atoms with Gasteiger partial charge in [-0.3, -0.25) is 0 Å². The van der Waals surface area contributed by atoms with Crippen molar-refractivity contribution in [3.05, 3.63) is 53.4 Å². The lowest BCUT2D eigenvalue weighted by atomic mass is 9.83. The molecule has 2 heterocycles. The molecule has 1 atom stereocenters. The zero-order valence-corrected chi connectivity index (χ0v) is 9.59. The largest absolute Gasteiger partial charge is 0.384 e. The lowest BCUT2D eigenvalue weighted by molar-refractivity contribution is 0.218. The molecule has 2 aromatic heterocycles. The molecule has 0 amide bonds. The Kier molecular flexibility index (Phi) is 2.11. The molecule has 1 aliphatic carbocycles. The summed E-state index contributed by atoms with van der Waals surface area (Å²) in [5.41, 5.74) is 15.1. The number of hydrogen-bond donors (Lipinski definition) is 3. The average molecular weight is 240 g/mol. The van der Waals surface area contributed by atoms with Crippen LogP contribution in [0.3, 0.4) is 0 Å². The minimum absolute atomic E-state index is 0.368. The van der Waals surface area contributed by atoms with Crippen LogP contribution in [0.4, 0.5) is 11.6 Å². The van der Waals surface area contributed by atoms with Crippen molar-refractivity contribution in [3.8, 4) is 0 Å². The van der Waals surface area contributed by atoms with Gasteiger partial charge in [-0.2, -0.15) is 0 Å². The van der Waals surface area contributed by atoms with Crippen LogP contribution in [0.25, 0.3) is 5.57 Å². The Morgan fingerprint density at radius 1 is 1.00 bits per heavy atom. The third-order valence-corrected chi connectivity index (χ3v) is 3.15. The molecule has 0 aromatic carbocycles. The molecule has 18 heavy (non-hydrogen) atoms. The van der Waals surface area contributed by atoms with Crippen molar-refractivity contribution in [1.29, 1.82) is 0 Å². The number of fused-ring (bicyclic) bond motifs is 2. The molecular formula is C13H12N4O. The van der Waals surface area contributed by atoms with E-state index < -0.39 is 6.10 Å². The van der Waals surface area contributed by atoms with Crippen LogP contribution in [0.5, 0.6) is 0 Å². The highest BCUT2D eigenvalue weighted by Gasteiger charge is 2.27. The van der Waals surface area contributed by atoms with Gasteiger partial charge in [0.25, 0.3) is 0 Å². The second-order valence-corrected chi connectivity index (χ2v) is 4.27. The maximum absolute atomic E-state index is 10.3. The van der Waals surface area contributed by atoms with Gasteiger partial charge in [-0.1, -0.05) is 6.58 Å². The van der Waals surface area contributed by atoms with Crippen molar-refractivity contribution in [2.45, 2.75) is 6.10 Å². The van der Waals surface area contributed by atoms with Crippen LogP contribution >= 0.6 is 0 Å². The first-order chi connectivity index (χ1) is 8.58. The number of aliphatic hydroxyl groups is 1. The molecule has 0 saturated heterocycles. The van der Waals surface area contributed by atoms with Gasteiger partial charge in [0.2, 0.25) is 0 Å². The summed E-state index contributed by atoms with van der Waals surface area (Å²) in [6, 6.07) is 3.37. The summed E-state index contributed by atoms with van der Waals surface area (Å²) < 4.78 is 0. The molecule has 90 valence electrons. The fourth-order valence-electron chi connectivity index (χ4n) is 2.24. The van der Waals surface area contributed by atoms with Gasteiger partial charge in [0.15, 0.2) is 0 Å². The average Bonchev–Trinajstić information content (AvgIpc) is 2.36. The Morgan fingerprint density at radius 2 is 1.67 bits per heavy atom. The van der Waals surface area contributed by atoms with Crippen LogP contribution in [0.15, 0.2) is 31.1 Å². The van der Waals surface area contributed by atoms with Gasteiger partial charge >= 0.3 is 0 Å². The Balaban J connectivity index is 2.28. The van der Waals surface area contributed by atoms with E-state index in [1.54, 1.807) is 24.5 Å². The molecule has 0 saturated carbocycles. The standard InChI is InChI=1S/C13H12N4O/c1-6-7-2-11(14)17-5-10(7)13(18)8-3-12(15)16-4-9(6)8/h2-5,13,18H,1H2,(H2,14,17)(H2,15,16). The summed E-state index contributed by atoms with van der Waals surface area (Å²) in [6.07, 6.45) is 2.41. The molecule has 0 bridgehead atoms. The monoisotopic (exact) mass is 240 g/mol. The summed E-state index contributed by atoms with van der Waals surface area (Å²) in [6.45, 7) is 4.03. The van der Waals surface area contributed by atoms with E-state index in [1.807, 2.05) is 0 Å². The summed E-state index contributed by atoms with van der Waals surface area (Å²) in [7, 11) is 0. The van der Waals surface area contributed by atoms with Gasteiger partial charge in [-0.25, -0.2) is 9.97 Å². The first kappa shape index (κ1) is 10.7. The maximum atomic E-state index is 10.3. The normalized spacial score (nSPS) is 17.2. The van der Waals surface area contributed by atoms with E-state index in [0.717, 1.165) is 16.7 Å². The molecule has 1 aliphatic rings. The molecule has 1 unspecified atom stereocenters. The quantitative estimate of drug-likeness (QED) is 0.640. The van der Waals surface area contributed by atoms with Gasteiger partial charge in [0.1, 0.15) is 17.7 Å².